The second kappa shape index (κ2) is 4.20. The predicted molar refractivity (Wildman–Crippen MR) is 52.7 cm³/mol. The van der Waals surface area contributed by atoms with Gasteiger partial charge in [-0.2, -0.15) is 13.2 Å². The molecule has 14 heavy (non-hydrogen) atoms. The van der Waals surface area contributed by atoms with Gasteiger partial charge in [-0.25, -0.2) is 0 Å². The number of hydrogen-bond donors (Lipinski definition) is 1. The molecule has 0 aliphatic rings. The molecule has 1 N–H and O–H groups in total. The van der Waals surface area contributed by atoms with Crippen molar-refractivity contribution >= 4 is 39.3 Å². The molecule has 0 spiro atoms. The van der Waals surface area contributed by atoms with E-state index in [4.69, 9.17) is 16.7 Å². The number of hydrogen-bond acceptors (Lipinski definition) is 2. The van der Waals surface area contributed by atoms with E-state index < -0.39 is 5.51 Å². The number of rotatable bonds is 1. The minimum Gasteiger partial charge on any atom is -0.508 e. The summed E-state index contributed by atoms with van der Waals surface area (Å²) in [5.74, 6) is -0.187. The fourth-order valence-electron chi connectivity index (χ4n) is 0.760. The van der Waals surface area contributed by atoms with Gasteiger partial charge in [0.2, 0.25) is 0 Å². The number of benzene rings is 1. The Bertz CT molecular complexity index is 332. The molecule has 1 nitrogen and oxygen atoms in total. The first-order chi connectivity index (χ1) is 6.29. The van der Waals surface area contributed by atoms with Crippen molar-refractivity contribution in [2.24, 2.45) is 0 Å². The lowest BCUT2D eigenvalue weighted by atomic mass is 10.3. The van der Waals surface area contributed by atoms with Gasteiger partial charge in [0.1, 0.15) is 5.75 Å². The Morgan fingerprint density at radius 2 is 1.93 bits per heavy atom. The summed E-state index contributed by atoms with van der Waals surface area (Å²) in [5.41, 5.74) is -4.40. The third kappa shape index (κ3) is 3.25. The molecule has 0 amide bonds. The van der Waals surface area contributed by atoms with E-state index in [1.807, 2.05) is 0 Å². The number of aromatic hydroxyl groups is 1. The lowest BCUT2D eigenvalue weighted by molar-refractivity contribution is -0.0328. The maximum absolute atomic E-state index is 12.0. The highest BCUT2D eigenvalue weighted by Crippen LogP contribution is 2.45. The van der Waals surface area contributed by atoms with E-state index in [0.717, 1.165) is 12.1 Å². The van der Waals surface area contributed by atoms with Crippen molar-refractivity contribution in [1.82, 2.24) is 0 Å². The maximum atomic E-state index is 12.0. The van der Waals surface area contributed by atoms with Crippen LogP contribution < -0.4 is 0 Å². The summed E-state index contributed by atoms with van der Waals surface area (Å²) in [6.45, 7) is 0. The van der Waals surface area contributed by atoms with E-state index in [1.165, 1.54) is 0 Å². The highest BCUT2D eigenvalue weighted by Gasteiger charge is 2.31. The smallest absolute Gasteiger partial charge is 0.446 e. The van der Waals surface area contributed by atoms with Crippen LogP contribution in [0.1, 0.15) is 0 Å². The summed E-state index contributed by atoms with van der Waals surface area (Å²) in [7, 11) is 0. The van der Waals surface area contributed by atoms with Crippen molar-refractivity contribution in [3.8, 4) is 5.75 Å². The van der Waals surface area contributed by atoms with E-state index >= 15 is 0 Å². The molecule has 1 rings (SSSR count). The van der Waals surface area contributed by atoms with Crippen LogP contribution in [0.5, 0.6) is 5.75 Å². The molecule has 78 valence electrons. The van der Waals surface area contributed by atoms with Gasteiger partial charge < -0.3 is 5.11 Å². The molecule has 0 fully saturated rings. The maximum Gasteiger partial charge on any atom is 0.446 e. The van der Waals surface area contributed by atoms with Gasteiger partial charge >= 0.3 is 5.51 Å². The molecule has 0 aliphatic carbocycles. The first-order valence-electron chi connectivity index (χ1n) is 3.23. The minimum atomic E-state index is -4.40. The van der Waals surface area contributed by atoms with Crippen LogP contribution in [0, 0.1) is 0 Å². The molecule has 0 bridgehead atoms. The molecule has 0 atom stereocenters. The van der Waals surface area contributed by atoms with Crippen LogP contribution in [0.3, 0.4) is 0 Å². The van der Waals surface area contributed by atoms with Crippen LogP contribution in [-0.4, -0.2) is 10.6 Å². The van der Waals surface area contributed by atoms with E-state index in [2.05, 4.69) is 15.9 Å². The molecule has 0 aromatic heterocycles. The summed E-state index contributed by atoms with van der Waals surface area (Å²) in [5, 5.41) is 8.87. The summed E-state index contributed by atoms with van der Waals surface area (Å²) in [6.07, 6.45) is 0. The fraction of sp³-hybridized carbons (Fsp3) is 0.143. The lowest BCUT2D eigenvalue weighted by Gasteiger charge is -2.09. The monoisotopic (exact) mass is 306 g/mol. The van der Waals surface area contributed by atoms with Gasteiger partial charge in [-0.15, -0.1) is 0 Å². The zero-order chi connectivity index (χ0) is 10.9. The van der Waals surface area contributed by atoms with Crippen molar-refractivity contribution in [2.75, 3.05) is 0 Å². The average Bonchev–Trinajstić information content (AvgIpc) is 1.95. The lowest BCUT2D eigenvalue weighted by Crippen LogP contribution is -1.99. The number of phenols is 1. The average molecular weight is 308 g/mol. The van der Waals surface area contributed by atoms with E-state index in [9.17, 15) is 13.2 Å². The zero-order valence-electron chi connectivity index (χ0n) is 6.40. The summed E-state index contributed by atoms with van der Waals surface area (Å²) < 4.78 is 36.2. The van der Waals surface area contributed by atoms with Crippen molar-refractivity contribution in [3.63, 3.8) is 0 Å². The SMILES string of the molecule is Oc1cc(Cl)c(SC(F)(F)F)c(Br)c1. The van der Waals surface area contributed by atoms with E-state index in [0.29, 0.717) is 0 Å². The molecule has 1 aromatic carbocycles. The highest BCUT2D eigenvalue weighted by molar-refractivity contribution is 9.10. The number of alkyl halides is 3. The molecule has 0 saturated heterocycles. The number of phenolic OH excluding ortho intramolecular Hbond substituents is 1. The van der Waals surface area contributed by atoms with Crippen molar-refractivity contribution in [1.29, 1.82) is 0 Å². The minimum absolute atomic E-state index is 0.116. The Kier molecular flexibility index (Phi) is 3.60. The third-order valence-corrected chi connectivity index (χ3v) is 3.37. The van der Waals surface area contributed by atoms with Gasteiger partial charge in [0.25, 0.3) is 0 Å². The molecular weight excluding hydrogens is 304 g/mol. The highest BCUT2D eigenvalue weighted by atomic mass is 79.9. The van der Waals surface area contributed by atoms with Crippen LogP contribution >= 0.6 is 39.3 Å². The molecule has 0 radical (unpaired) electrons. The summed E-state index contributed by atoms with van der Waals surface area (Å²) >= 11 is 8.09. The Morgan fingerprint density at radius 1 is 1.36 bits per heavy atom. The first-order valence-corrected chi connectivity index (χ1v) is 5.22. The van der Waals surface area contributed by atoms with Gasteiger partial charge in [0.15, 0.2) is 0 Å². The van der Waals surface area contributed by atoms with Crippen LogP contribution in [-0.2, 0) is 0 Å². The molecule has 0 aliphatic heterocycles. The van der Waals surface area contributed by atoms with Crippen molar-refractivity contribution < 1.29 is 18.3 Å². The predicted octanol–water partition coefficient (Wildman–Crippen LogP) is 4.42. The van der Waals surface area contributed by atoms with Crippen molar-refractivity contribution in [2.45, 2.75) is 10.4 Å². The van der Waals surface area contributed by atoms with E-state index in [-0.39, 0.29) is 31.9 Å². The Morgan fingerprint density at radius 3 is 2.36 bits per heavy atom. The van der Waals surface area contributed by atoms with Crippen LogP contribution in [0.15, 0.2) is 21.5 Å². The quantitative estimate of drug-likeness (QED) is 0.775. The van der Waals surface area contributed by atoms with Gasteiger partial charge in [-0.1, -0.05) is 11.6 Å². The normalized spacial score (nSPS) is 11.8. The van der Waals surface area contributed by atoms with Gasteiger partial charge in [-0.3, -0.25) is 0 Å². The second-order valence-corrected chi connectivity index (χ2v) is 4.62. The first kappa shape index (κ1) is 12.0. The Hall–Kier alpha value is -0.0700. The van der Waals surface area contributed by atoms with E-state index in [1.54, 1.807) is 0 Å². The Balaban J connectivity index is 3.09. The zero-order valence-corrected chi connectivity index (χ0v) is 9.56. The molecular formula is C7H3BrClF3OS. The fourth-order valence-corrected chi connectivity index (χ4v) is 2.44. The molecule has 0 saturated carbocycles. The van der Waals surface area contributed by atoms with Crippen LogP contribution in [0.25, 0.3) is 0 Å². The topological polar surface area (TPSA) is 20.2 Å². The van der Waals surface area contributed by atoms with Crippen molar-refractivity contribution in [3.05, 3.63) is 21.6 Å². The standard InChI is InChI=1S/C7H3BrClF3OS/c8-4-1-3(13)2-5(9)6(4)14-7(10,11)12/h1-2,13H. The molecule has 0 heterocycles. The third-order valence-electron chi connectivity index (χ3n) is 1.20. The molecule has 0 unspecified atom stereocenters. The summed E-state index contributed by atoms with van der Waals surface area (Å²) in [4.78, 5) is -0.156. The molecule has 7 heteroatoms. The molecule has 1 aromatic rings. The second-order valence-electron chi connectivity index (χ2n) is 2.29. The Labute approximate surface area is 95.4 Å². The number of thioether (sulfide) groups is 1. The largest absolute Gasteiger partial charge is 0.508 e. The van der Waals surface area contributed by atoms with Gasteiger partial charge in [0, 0.05) is 9.37 Å². The number of halogens is 5. The van der Waals surface area contributed by atoms with Gasteiger partial charge in [0.05, 0.1) is 5.02 Å². The van der Waals surface area contributed by atoms with Crippen LogP contribution in [0.2, 0.25) is 5.02 Å². The van der Waals surface area contributed by atoms with Crippen LogP contribution in [0.4, 0.5) is 13.2 Å². The van der Waals surface area contributed by atoms with Gasteiger partial charge in [-0.05, 0) is 39.8 Å². The summed E-state index contributed by atoms with van der Waals surface area (Å²) in [6, 6.07) is 2.21.